The summed E-state index contributed by atoms with van der Waals surface area (Å²) >= 11 is 0. The Morgan fingerprint density at radius 1 is 1.18 bits per heavy atom. The van der Waals surface area contributed by atoms with E-state index in [0.29, 0.717) is 12.3 Å². The number of carbonyl (C=O) groups is 1. The van der Waals surface area contributed by atoms with Gasteiger partial charge in [0, 0.05) is 18.3 Å². The third-order valence-electron chi connectivity index (χ3n) is 8.04. The fourth-order valence-corrected chi connectivity index (χ4v) is 6.32. The van der Waals surface area contributed by atoms with Gasteiger partial charge in [0.25, 0.3) is 0 Å². The second-order valence-corrected chi connectivity index (χ2v) is 10.3. The highest BCUT2D eigenvalue weighted by atomic mass is 19.4. The average Bonchev–Trinajstić information content (AvgIpc) is 2.97. The Bertz CT molecular complexity index is 968. The number of benzene rings is 1. The molecule has 0 amide bonds. The van der Waals surface area contributed by atoms with Crippen LogP contribution in [-0.4, -0.2) is 35.0 Å². The molecule has 1 aliphatic carbocycles. The summed E-state index contributed by atoms with van der Waals surface area (Å²) in [5, 5.41) is 8.96. The molecule has 10 heteroatoms. The largest absolute Gasteiger partial charge is 0.481 e. The predicted molar refractivity (Wildman–Crippen MR) is 110 cm³/mol. The Labute approximate surface area is 195 Å². The summed E-state index contributed by atoms with van der Waals surface area (Å²) in [5.74, 6) is -2.53. The minimum absolute atomic E-state index is 0.0377. The summed E-state index contributed by atoms with van der Waals surface area (Å²) in [6.45, 7) is 5.84. The molecule has 8 atom stereocenters. The monoisotopic (exact) mass is 486 g/mol. The van der Waals surface area contributed by atoms with Gasteiger partial charge in [0.15, 0.2) is 11.9 Å². The smallest absolute Gasteiger partial charge is 0.419 e. The lowest BCUT2D eigenvalue weighted by Gasteiger charge is -2.60. The van der Waals surface area contributed by atoms with Gasteiger partial charge in [0.05, 0.1) is 12.0 Å². The maximum atomic E-state index is 13.8. The molecule has 7 nitrogen and oxygen atoms in total. The van der Waals surface area contributed by atoms with E-state index in [9.17, 15) is 18.0 Å². The first kappa shape index (κ1) is 23.8. The minimum Gasteiger partial charge on any atom is -0.481 e. The number of hydrogen-bond donors (Lipinski definition) is 1. The van der Waals surface area contributed by atoms with Gasteiger partial charge in [-0.15, -0.1) is 0 Å². The molecule has 1 aromatic rings. The van der Waals surface area contributed by atoms with Crippen LogP contribution in [0.3, 0.4) is 0 Å². The lowest BCUT2D eigenvalue weighted by molar-refractivity contribution is -0.575. The zero-order valence-electron chi connectivity index (χ0n) is 19.3. The molecule has 1 spiro atoms. The van der Waals surface area contributed by atoms with E-state index in [0.717, 1.165) is 31.4 Å². The van der Waals surface area contributed by atoms with Crippen molar-refractivity contribution < 1.29 is 47.1 Å². The lowest BCUT2D eigenvalue weighted by atomic mass is 9.58. The third-order valence-corrected chi connectivity index (χ3v) is 8.04. The van der Waals surface area contributed by atoms with Crippen molar-refractivity contribution in [1.29, 1.82) is 0 Å². The van der Waals surface area contributed by atoms with Crippen LogP contribution in [0, 0.1) is 23.7 Å². The molecular formula is C24H29F3O7. The Balaban J connectivity index is 1.48. The molecule has 1 N–H and O–H groups in total. The summed E-state index contributed by atoms with van der Waals surface area (Å²) < 4.78 is 59.8. The van der Waals surface area contributed by atoms with Crippen molar-refractivity contribution in [3.8, 4) is 5.75 Å². The number of alkyl halides is 3. The minimum atomic E-state index is -4.73. The van der Waals surface area contributed by atoms with E-state index in [2.05, 4.69) is 6.92 Å². The molecule has 4 heterocycles. The highest BCUT2D eigenvalue weighted by Crippen LogP contribution is 2.60. The van der Waals surface area contributed by atoms with Gasteiger partial charge in [-0.25, -0.2) is 9.78 Å². The molecule has 5 fully saturated rings. The van der Waals surface area contributed by atoms with Crippen LogP contribution >= 0.6 is 0 Å². The van der Waals surface area contributed by atoms with Crippen LogP contribution < -0.4 is 4.74 Å². The van der Waals surface area contributed by atoms with E-state index in [1.165, 1.54) is 6.07 Å². The second-order valence-electron chi connectivity index (χ2n) is 10.3. The molecule has 5 aliphatic rings. The van der Waals surface area contributed by atoms with Crippen LogP contribution in [-0.2, 0) is 36.6 Å². The van der Waals surface area contributed by atoms with Crippen molar-refractivity contribution in [2.24, 2.45) is 23.7 Å². The van der Waals surface area contributed by atoms with Gasteiger partial charge < -0.3 is 19.3 Å². The van der Waals surface area contributed by atoms with Crippen molar-refractivity contribution in [3.05, 3.63) is 29.3 Å². The molecule has 4 aliphatic heterocycles. The quantitative estimate of drug-likeness (QED) is 0.605. The van der Waals surface area contributed by atoms with E-state index < -0.39 is 53.8 Å². The highest BCUT2D eigenvalue weighted by molar-refractivity contribution is 5.70. The van der Waals surface area contributed by atoms with Gasteiger partial charge in [-0.2, -0.15) is 13.2 Å². The number of rotatable bonds is 4. The van der Waals surface area contributed by atoms with Gasteiger partial charge in [-0.05, 0) is 55.7 Å². The van der Waals surface area contributed by atoms with Crippen LogP contribution in [0.1, 0.15) is 57.6 Å². The number of carboxylic acids is 1. The van der Waals surface area contributed by atoms with E-state index in [4.69, 9.17) is 29.1 Å². The normalized spacial score (nSPS) is 41.5. The molecule has 2 bridgehead atoms. The van der Waals surface area contributed by atoms with Crippen molar-refractivity contribution in [1.82, 2.24) is 0 Å². The van der Waals surface area contributed by atoms with Gasteiger partial charge >= 0.3 is 12.1 Å². The maximum absolute atomic E-state index is 13.8. The third kappa shape index (κ3) is 3.79. The highest BCUT2D eigenvalue weighted by Gasteiger charge is 2.69. The summed E-state index contributed by atoms with van der Waals surface area (Å²) in [6, 6.07) is 3.31. The Kier molecular flexibility index (Phi) is 5.66. The summed E-state index contributed by atoms with van der Waals surface area (Å²) in [6.07, 6.45) is -3.88. The van der Waals surface area contributed by atoms with Gasteiger partial charge in [0.2, 0.25) is 12.1 Å². The first-order valence-electron chi connectivity index (χ1n) is 11.7. The number of hydrogen-bond acceptors (Lipinski definition) is 6. The average molecular weight is 486 g/mol. The van der Waals surface area contributed by atoms with E-state index in [-0.39, 0.29) is 23.3 Å². The number of aliphatic carboxylic acids is 1. The summed E-state index contributed by atoms with van der Waals surface area (Å²) in [4.78, 5) is 22.8. The standard InChI is InChI=1S/C24H29F3O7/c1-12-4-6-16-13(2)20(31-21-23(16)15(12)8-9-22(3,32-21)33-34-23)30-18-7-5-14(11-19(28)29)10-17(18)24(25,26)27/h5,7,10,12-13,15-16,20-21H,4,6,8-9,11H2,1-3H3,(H,28,29)/t12-,13-,15+,16+,20+,21-,22-,23-/m1/s1. The number of fused-ring (bicyclic) bond motifs is 2. The fourth-order valence-electron chi connectivity index (χ4n) is 6.32. The van der Waals surface area contributed by atoms with Gasteiger partial charge in [-0.3, -0.25) is 4.79 Å². The molecule has 4 saturated heterocycles. The van der Waals surface area contributed by atoms with Crippen LogP contribution in [0.2, 0.25) is 0 Å². The zero-order chi connectivity index (χ0) is 24.5. The molecule has 1 saturated carbocycles. The first-order chi connectivity index (χ1) is 15.9. The maximum Gasteiger partial charge on any atom is 0.419 e. The SMILES string of the molecule is C[C@H]1[C@@H](Oc2ccc(CC(=O)O)cc2C(F)(F)F)O[C@@H]2O[C@@]3(C)CC[C@H]4[C@H](C)CC[C@@H]1[C@@]24OO3. The molecule has 1 aromatic carbocycles. The van der Waals surface area contributed by atoms with E-state index in [1.54, 1.807) is 6.92 Å². The number of halogens is 3. The second kappa shape index (κ2) is 8.08. The Hall–Kier alpha value is -1.88. The molecule has 6 rings (SSSR count). The van der Waals surface area contributed by atoms with Crippen LogP contribution in [0.15, 0.2) is 18.2 Å². The zero-order valence-corrected chi connectivity index (χ0v) is 19.3. The van der Waals surface area contributed by atoms with Crippen molar-refractivity contribution >= 4 is 5.97 Å². The molecule has 34 heavy (non-hydrogen) atoms. The van der Waals surface area contributed by atoms with Crippen molar-refractivity contribution in [2.75, 3.05) is 0 Å². The molecule has 0 unspecified atom stereocenters. The molecule has 188 valence electrons. The fraction of sp³-hybridized carbons (Fsp3) is 0.708. The van der Waals surface area contributed by atoms with Crippen LogP contribution in [0.4, 0.5) is 13.2 Å². The van der Waals surface area contributed by atoms with Crippen molar-refractivity contribution in [2.45, 2.75) is 83.0 Å². The number of ether oxygens (including phenoxy) is 3. The van der Waals surface area contributed by atoms with Crippen LogP contribution in [0.25, 0.3) is 0 Å². The van der Waals surface area contributed by atoms with Gasteiger partial charge in [-0.1, -0.05) is 19.9 Å². The summed E-state index contributed by atoms with van der Waals surface area (Å²) in [7, 11) is 0. The predicted octanol–water partition coefficient (Wildman–Crippen LogP) is 4.92. The Morgan fingerprint density at radius 2 is 1.94 bits per heavy atom. The number of carboxylic acid groups (broad SMARTS) is 1. The topological polar surface area (TPSA) is 83.5 Å². The van der Waals surface area contributed by atoms with Crippen LogP contribution in [0.5, 0.6) is 5.75 Å². The molecule has 0 radical (unpaired) electrons. The van der Waals surface area contributed by atoms with E-state index in [1.807, 2.05) is 6.92 Å². The first-order valence-corrected chi connectivity index (χ1v) is 11.7. The summed E-state index contributed by atoms with van der Waals surface area (Å²) in [5.41, 5.74) is -1.84. The Morgan fingerprint density at radius 3 is 2.65 bits per heavy atom. The lowest BCUT2D eigenvalue weighted by Crippen LogP contribution is -2.70. The van der Waals surface area contributed by atoms with E-state index >= 15 is 0 Å². The molecule has 0 aromatic heterocycles. The molecular weight excluding hydrogens is 457 g/mol. The van der Waals surface area contributed by atoms with Gasteiger partial charge in [0.1, 0.15) is 5.75 Å². The van der Waals surface area contributed by atoms with Crippen molar-refractivity contribution in [3.63, 3.8) is 0 Å².